The van der Waals surface area contributed by atoms with Crippen molar-refractivity contribution in [3.8, 4) is 11.5 Å². The predicted molar refractivity (Wildman–Crippen MR) is 139 cm³/mol. The highest BCUT2D eigenvalue weighted by Gasteiger charge is 2.30. The van der Waals surface area contributed by atoms with Gasteiger partial charge in [0.05, 0.1) is 33.4 Å². The highest BCUT2D eigenvalue weighted by molar-refractivity contribution is 14.1. The van der Waals surface area contributed by atoms with E-state index in [1.54, 1.807) is 37.4 Å². The molecule has 0 aromatic heterocycles. The van der Waals surface area contributed by atoms with Crippen LogP contribution in [0, 0.1) is 3.57 Å². The molecule has 0 atom stereocenters. The lowest BCUT2D eigenvalue weighted by atomic mass is 10.2. The average Bonchev–Trinajstić information content (AvgIpc) is 3.06. The Kier molecular flexibility index (Phi) is 8.56. The summed E-state index contributed by atoms with van der Waals surface area (Å²) in [6.45, 7) is 6.44. The number of hydrogen-bond acceptors (Lipinski definition) is 7. The van der Waals surface area contributed by atoms with E-state index < -0.39 is 5.97 Å². The third-order valence-electron chi connectivity index (χ3n) is 4.49. The lowest BCUT2D eigenvalue weighted by Gasteiger charge is -2.13. The van der Waals surface area contributed by atoms with Crippen LogP contribution in [-0.4, -0.2) is 49.3 Å². The van der Waals surface area contributed by atoms with E-state index in [1.165, 1.54) is 23.8 Å². The van der Waals surface area contributed by atoms with Gasteiger partial charge < -0.3 is 14.2 Å². The number of carbonyl (C=O) groups is 2. The SMILES string of the molecule is C=CCOc1c(I)cc(C=C2SC(=Nc3ccc(C(=O)OC)cc3)N(C)C2=O)cc1OCC. The number of aliphatic imine (C=N–C) groups is 1. The van der Waals surface area contributed by atoms with Gasteiger partial charge in [0.15, 0.2) is 16.7 Å². The van der Waals surface area contributed by atoms with Crippen LogP contribution >= 0.6 is 34.4 Å². The molecule has 33 heavy (non-hydrogen) atoms. The fourth-order valence-corrected chi connectivity index (χ4v) is 4.69. The maximum atomic E-state index is 12.8. The number of likely N-dealkylation sites (N-methyl/N-ethyl adjacent to an activating group) is 1. The number of esters is 1. The maximum Gasteiger partial charge on any atom is 0.337 e. The zero-order chi connectivity index (χ0) is 24.0. The molecule has 2 aromatic carbocycles. The molecule has 7 nitrogen and oxygen atoms in total. The Bertz CT molecular complexity index is 1130. The maximum absolute atomic E-state index is 12.8. The number of benzene rings is 2. The van der Waals surface area contributed by atoms with E-state index >= 15 is 0 Å². The third kappa shape index (κ3) is 5.97. The number of hydrogen-bond donors (Lipinski definition) is 0. The fourth-order valence-electron chi connectivity index (χ4n) is 2.92. The average molecular weight is 578 g/mol. The first-order valence-electron chi connectivity index (χ1n) is 10.0. The molecule has 1 aliphatic rings. The summed E-state index contributed by atoms with van der Waals surface area (Å²) in [5.41, 5.74) is 1.88. The van der Waals surface area contributed by atoms with Gasteiger partial charge in [-0.05, 0) is 89.3 Å². The molecule has 0 radical (unpaired) electrons. The van der Waals surface area contributed by atoms with Crippen LogP contribution in [0.15, 0.2) is 59.0 Å². The van der Waals surface area contributed by atoms with Crippen LogP contribution in [0.5, 0.6) is 11.5 Å². The van der Waals surface area contributed by atoms with Crippen LogP contribution in [0.4, 0.5) is 5.69 Å². The molecular weight excluding hydrogens is 555 g/mol. The number of methoxy groups -OCH3 is 1. The van der Waals surface area contributed by atoms with E-state index in [1.807, 2.05) is 25.1 Å². The first kappa shape index (κ1) is 24.8. The second-order valence-electron chi connectivity index (χ2n) is 6.77. The standard InChI is InChI=1S/C24H23IN2O5S/c1-5-11-32-21-18(25)12-15(13-19(21)31-6-2)14-20-22(28)27(3)24(33-20)26-17-9-7-16(8-10-17)23(29)30-4/h5,7-10,12-14H,1,6,11H2,2-4H3. The van der Waals surface area contributed by atoms with Crippen molar-refractivity contribution in [3.63, 3.8) is 0 Å². The summed E-state index contributed by atoms with van der Waals surface area (Å²) in [4.78, 5) is 31.0. The van der Waals surface area contributed by atoms with Gasteiger partial charge in [0.25, 0.3) is 5.91 Å². The zero-order valence-corrected chi connectivity index (χ0v) is 21.4. The first-order chi connectivity index (χ1) is 15.9. The van der Waals surface area contributed by atoms with Gasteiger partial charge >= 0.3 is 5.97 Å². The second kappa shape index (κ2) is 11.4. The van der Waals surface area contributed by atoms with E-state index in [-0.39, 0.29) is 5.91 Å². The van der Waals surface area contributed by atoms with Crippen LogP contribution in [0.2, 0.25) is 0 Å². The Morgan fingerprint density at radius 2 is 1.97 bits per heavy atom. The van der Waals surface area contributed by atoms with Gasteiger partial charge in [0.1, 0.15) is 6.61 Å². The van der Waals surface area contributed by atoms with E-state index in [0.29, 0.717) is 46.0 Å². The van der Waals surface area contributed by atoms with Gasteiger partial charge in [0, 0.05) is 7.05 Å². The van der Waals surface area contributed by atoms with Gasteiger partial charge in [-0.3, -0.25) is 9.69 Å². The first-order valence-corrected chi connectivity index (χ1v) is 11.9. The summed E-state index contributed by atoms with van der Waals surface area (Å²) in [6, 6.07) is 10.5. The van der Waals surface area contributed by atoms with Crippen LogP contribution in [0.1, 0.15) is 22.8 Å². The number of halogens is 1. The lowest BCUT2D eigenvalue weighted by Crippen LogP contribution is -2.23. The van der Waals surface area contributed by atoms with E-state index in [9.17, 15) is 9.59 Å². The Hall–Kier alpha value is -2.79. The second-order valence-corrected chi connectivity index (χ2v) is 8.94. The molecular formula is C24H23IN2O5S. The van der Waals surface area contributed by atoms with Crippen molar-refractivity contribution in [2.45, 2.75) is 6.92 Å². The van der Waals surface area contributed by atoms with Crippen LogP contribution < -0.4 is 9.47 Å². The Labute approximate surface area is 210 Å². The molecule has 1 aliphatic heterocycles. The van der Waals surface area contributed by atoms with Crippen molar-refractivity contribution in [1.82, 2.24) is 4.90 Å². The molecule has 0 saturated carbocycles. The number of thioether (sulfide) groups is 1. The minimum absolute atomic E-state index is 0.148. The van der Waals surface area contributed by atoms with Gasteiger partial charge in [0.2, 0.25) is 0 Å². The quantitative estimate of drug-likeness (QED) is 0.184. The summed E-state index contributed by atoms with van der Waals surface area (Å²) >= 11 is 3.47. The van der Waals surface area contributed by atoms with Crippen molar-refractivity contribution in [2.24, 2.45) is 4.99 Å². The molecule has 0 unspecified atom stereocenters. The van der Waals surface area contributed by atoms with Crippen molar-refractivity contribution >= 4 is 63.2 Å². The normalized spacial score (nSPS) is 15.8. The van der Waals surface area contributed by atoms with Gasteiger partial charge in [-0.15, -0.1) is 0 Å². The van der Waals surface area contributed by atoms with Gasteiger partial charge in [-0.1, -0.05) is 12.7 Å². The topological polar surface area (TPSA) is 77.4 Å². The molecule has 172 valence electrons. The number of amidine groups is 1. The fraction of sp³-hybridized carbons (Fsp3) is 0.208. The van der Waals surface area contributed by atoms with E-state index in [0.717, 1.165) is 9.13 Å². The molecule has 1 amide bonds. The molecule has 0 N–H and O–H groups in total. The lowest BCUT2D eigenvalue weighted by molar-refractivity contribution is -0.121. The number of carbonyl (C=O) groups excluding carboxylic acids is 2. The van der Waals surface area contributed by atoms with Gasteiger partial charge in [-0.2, -0.15) is 0 Å². The summed E-state index contributed by atoms with van der Waals surface area (Å²) < 4.78 is 17.1. The minimum atomic E-state index is -0.413. The smallest absolute Gasteiger partial charge is 0.337 e. The summed E-state index contributed by atoms with van der Waals surface area (Å²) in [6.07, 6.45) is 3.49. The Balaban J connectivity index is 1.88. The van der Waals surface area contributed by atoms with Crippen LogP contribution in [0.3, 0.4) is 0 Å². The molecule has 3 rings (SSSR count). The van der Waals surface area contributed by atoms with Crippen LogP contribution in [0.25, 0.3) is 6.08 Å². The molecule has 1 saturated heterocycles. The summed E-state index contributed by atoms with van der Waals surface area (Å²) in [5.74, 6) is 0.704. The highest BCUT2D eigenvalue weighted by Crippen LogP contribution is 2.37. The molecule has 0 bridgehead atoms. The van der Waals surface area contributed by atoms with Gasteiger partial charge in [-0.25, -0.2) is 9.79 Å². The summed E-state index contributed by atoms with van der Waals surface area (Å²) in [5, 5.41) is 0.544. The molecule has 2 aromatic rings. The number of nitrogens with zero attached hydrogens (tertiary/aromatic N) is 2. The van der Waals surface area contributed by atoms with Crippen molar-refractivity contribution in [3.05, 3.63) is 68.7 Å². The Morgan fingerprint density at radius 3 is 2.61 bits per heavy atom. The predicted octanol–water partition coefficient (Wildman–Crippen LogP) is 5.28. The highest BCUT2D eigenvalue weighted by atomic mass is 127. The molecule has 0 aliphatic carbocycles. The molecule has 1 heterocycles. The van der Waals surface area contributed by atoms with Crippen molar-refractivity contribution < 1.29 is 23.8 Å². The van der Waals surface area contributed by atoms with Crippen molar-refractivity contribution in [2.75, 3.05) is 27.4 Å². The zero-order valence-electron chi connectivity index (χ0n) is 18.5. The molecule has 0 spiro atoms. The van der Waals surface area contributed by atoms with Crippen LogP contribution in [-0.2, 0) is 9.53 Å². The molecule has 1 fully saturated rings. The van der Waals surface area contributed by atoms with Crippen molar-refractivity contribution in [1.29, 1.82) is 0 Å². The van der Waals surface area contributed by atoms with E-state index in [4.69, 9.17) is 14.2 Å². The third-order valence-corrected chi connectivity index (χ3v) is 6.35. The monoisotopic (exact) mass is 578 g/mol. The minimum Gasteiger partial charge on any atom is -0.490 e. The Morgan fingerprint density at radius 1 is 1.24 bits per heavy atom. The molecule has 9 heteroatoms. The number of rotatable bonds is 8. The number of ether oxygens (including phenoxy) is 3. The largest absolute Gasteiger partial charge is 0.490 e. The number of amides is 1. The van der Waals surface area contributed by atoms with E-state index in [2.05, 4.69) is 34.2 Å². The summed E-state index contributed by atoms with van der Waals surface area (Å²) in [7, 11) is 3.01.